The molecule has 4 N–H and O–H groups in total. The van der Waals surface area contributed by atoms with Crippen LogP contribution in [0.4, 0.5) is 0 Å². The highest BCUT2D eigenvalue weighted by molar-refractivity contribution is 7.10. The fraction of sp³-hybridized carbons (Fsp3) is 0.474. The van der Waals surface area contributed by atoms with Gasteiger partial charge in [-0.15, -0.1) is 11.3 Å². The molecule has 0 amide bonds. The van der Waals surface area contributed by atoms with Crippen LogP contribution >= 0.6 is 11.3 Å². The van der Waals surface area contributed by atoms with Gasteiger partial charge in [0.1, 0.15) is 35.9 Å². The van der Waals surface area contributed by atoms with Crippen LogP contribution in [-0.4, -0.2) is 64.3 Å². The highest BCUT2D eigenvalue weighted by atomic mass is 32.1. The monoisotopic (exact) mass is 396 g/mol. The van der Waals surface area contributed by atoms with E-state index in [1.165, 1.54) is 11.3 Å². The van der Waals surface area contributed by atoms with Crippen LogP contribution in [0.3, 0.4) is 0 Å². The fourth-order valence-corrected chi connectivity index (χ4v) is 3.75. The summed E-state index contributed by atoms with van der Waals surface area (Å²) in [5.74, 6) is 1.34. The molecule has 1 fully saturated rings. The van der Waals surface area contributed by atoms with Crippen LogP contribution in [0, 0.1) is 0 Å². The van der Waals surface area contributed by atoms with E-state index in [0.29, 0.717) is 18.8 Å². The molecular formula is C19H24O7S. The maximum Gasteiger partial charge on any atom is 0.229 e. The SMILES string of the molecule is CCOc1ccc(Cc2sccc2O[C@@H]2O[C@H](CO)[C@@H](O)[C@H](O)[C@H]2O)cc1. The maximum absolute atomic E-state index is 10.1. The Morgan fingerprint density at radius 3 is 2.44 bits per heavy atom. The Kier molecular flexibility index (Phi) is 6.69. The summed E-state index contributed by atoms with van der Waals surface area (Å²) in [6, 6.07) is 9.52. The van der Waals surface area contributed by atoms with Crippen molar-refractivity contribution in [3.8, 4) is 11.5 Å². The van der Waals surface area contributed by atoms with Gasteiger partial charge >= 0.3 is 0 Å². The minimum Gasteiger partial charge on any atom is -0.494 e. The summed E-state index contributed by atoms with van der Waals surface area (Å²) in [5.41, 5.74) is 1.07. The molecule has 0 saturated carbocycles. The van der Waals surface area contributed by atoms with Gasteiger partial charge in [0.05, 0.1) is 18.1 Å². The average molecular weight is 396 g/mol. The molecule has 148 valence electrons. The van der Waals surface area contributed by atoms with Crippen molar-refractivity contribution in [1.82, 2.24) is 0 Å². The molecule has 0 spiro atoms. The first-order chi connectivity index (χ1) is 13.0. The van der Waals surface area contributed by atoms with Crippen LogP contribution in [0.15, 0.2) is 35.7 Å². The predicted octanol–water partition coefficient (Wildman–Crippen LogP) is 0.916. The van der Waals surface area contributed by atoms with Gasteiger partial charge in [-0.2, -0.15) is 0 Å². The first-order valence-corrected chi connectivity index (χ1v) is 9.66. The number of aliphatic hydroxyl groups is 4. The number of rotatable bonds is 7. The van der Waals surface area contributed by atoms with Crippen molar-refractivity contribution in [3.05, 3.63) is 46.2 Å². The molecule has 0 aliphatic carbocycles. The van der Waals surface area contributed by atoms with E-state index in [4.69, 9.17) is 14.2 Å². The van der Waals surface area contributed by atoms with E-state index in [1.807, 2.05) is 36.6 Å². The summed E-state index contributed by atoms with van der Waals surface area (Å²) >= 11 is 1.50. The van der Waals surface area contributed by atoms with Crippen molar-refractivity contribution in [2.45, 2.75) is 44.1 Å². The third kappa shape index (κ3) is 4.60. The lowest BCUT2D eigenvalue weighted by Gasteiger charge is -2.39. The molecule has 1 saturated heterocycles. The van der Waals surface area contributed by atoms with Crippen molar-refractivity contribution in [2.75, 3.05) is 13.2 Å². The molecular weight excluding hydrogens is 372 g/mol. The van der Waals surface area contributed by atoms with E-state index in [1.54, 1.807) is 6.07 Å². The summed E-state index contributed by atoms with van der Waals surface area (Å²) in [6.45, 7) is 2.05. The molecule has 2 aromatic rings. The first kappa shape index (κ1) is 20.1. The van der Waals surface area contributed by atoms with Gasteiger partial charge in [0.25, 0.3) is 0 Å². The van der Waals surface area contributed by atoms with Gasteiger partial charge in [0, 0.05) is 6.42 Å². The number of thiophene rings is 1. The molecule has 1 aromatic carbocycles. The molecule has 3 rings (SSSR count). The van der Waals surface area contributed by atoms with Crippen molar-refractivity contribution >= 4 is 11.3 Å². The zero-order valence-electron chi connectivity index (χ0n) is 14.9. The van der Waals surface area contributed by atoms with Gasteiger partial charge in [-0.25, -0.2) is 0 Å². The second kappa shape index (κ2) is 9.01. The summed E-state index contributed by atoms with van der Waals surface area (Å²) in [7, 11) is 0. The Hall–Kier alpha value is -1.68. The number of benzene rings is 1. The molecule has 1 aromatic heterocycles. The first-order valence-electron chi connectivity index (χ1n) is 8.78. The second-order valence-electron chi connectivity index (χ2n) is 6.28. The molecule has 8 heteroatoms. The van der Waals surface area contributed by atoms with Gasteiger partial charge in [-0.05, 0) is 36.1 Å². The van der Waals surface area contributed by atoms with Gasteiger partial charge in [-0.1, -0.05) is 12.1 Å². The number of aliphatic hydroxyl groups excluding tert-OH is 4. The molecule has 0 unspecified atom stereocenters. The number of hydrogen-bond acceptors (Lipinski definition) is 8. The summed E-state index contributed by atoms with van der Waals surface area (Å²) in [6.07, 6.45) is -5.86. The molecule has 7 nitrogen and oxygen atoms in total. The molecule has 1 aliphatic rings. The Balaban J connectivity index is 1.69. The highest BCUT2D eigenvalue weighted by Crippen LogP contribution is 2.31. The average Bonchev–Trinajstić information content (AvgIpc) is 3.10. The quantitative estimate of drug-likeness (QED) is 0.551. The Bertz CT molecular complexity index is 715. The number of hydrogen-bond donors (Lipinski definition) is 4. The fourth-order valence-electron chi connectivity index (χ4n) is 2.91. The van der Waals surface area contributed by atoms with E-state index in [2.05, 4.69) is 0 Å². The summed E-state index contributed by atoms with van der Waals surface area (Å²) in [5, 5.41) is 41.0. The maximum atomic E-state index is 10.1. The lowest BCUT2D eigenvalue weighted by atomic mass is 9.99. The van der Waals surface area contributed by atoms with E-state index in [-0.39, 0.29) is 0 Å². The van der Waals surface area contributed by atoms with Crippen molar-refractivity contribution in [3.63, 3.8) is 0 Å². The smallest absolute Gasteiger partial charge is 0.229 e. The van der Waals surface area contributed by atoms with Crippen LogP contribution < -0.4 is 9.47 Å². The van der Waals surface area contributed by atoms with E-state index < -0.39 is 37.3 Å². The predicted molar refractivity (Wildman–Crippen MR) is 99.1 cm³/mol. The van der Waals surface area contributed by atoms with Crippen LogP contribution in [0.2, 0.25) is 0 Å². The molecule has 0 bridgehead atoms. The minimum absolute atomic E-state index is 0.493. The largest absolute Gasteiger partial charge is 0.494 e. The van der Waals surface area contributed by atoms with Crippen molar-refractivity contribution in [2.24, 2.45) is 0 Å². The van der Waals surface area contributed by atoms with E-state index >= 15 is 0 Å². The third-order valence-electron chi connectivity index (χ3n) is 4.40. The van der Waals surface area contributed by atoms with Gasteiger partial charge in [0.2, 0.25) is 6.29 Å². The van der Waals surface area contributed by atoms with Gasteiger partial charge in [0.15, 0.2) is 0 Å². The Labute approximate surface area is 161 Å². The molecule has 0 radical (unpaired) electrons. The zero-order chi connectivity index (χ0) is 19.4. The molecule has 1 aliphatic heterocycles. The van der Waals surface area contributed by atoms with Gasteiger partial charge < -0.3 is 34.6 Å². The van der Waals surface area contributed by atoms with E-state index in [9.17, 15) is 20.4 Å². The zero-order valence-corrected chi connectivity index (χ0v) is 15.7. The normalized spacial score (nSPS) is 28.1. The summed E-state index contributed by atoms with van der Waals surface area (Å²) < 4.78 is 16.6. The Morgan fingerprint density at radius 2 is 1.78 bits per heavy atom. The topological polar surface area (TPSA) is 109 Å². The Morgan fingerprint density at radius 1 is 1.04 bits per heavy atom. The third-order valence-corrected chi connectivity index (χ3v) is 5.30. The standard InChI is InChI=1S/C19H24O7S/c1-2-24-12-5-3-11(4-6-12)9-15-13(7-8-27-15)25-19-18(23)17(22)16(21)14(10-20)26-19/h3-8,14,16-23H,2,9-10H2,1H3/t14-,16-,17+,18-,19-/m1/s1. The molecule has 27 heavy (non-hydrogen) atoms. The van der Waals surface area contributed by atoms with Gasteiger partial charge in [-0.3, -0.25) is 0 Å². The van der Waals surface area contributed by atoms with Crippen molar-refractivity contribution in [1.29, 1.82) is 0 Å². The second-order valence-corrected chi connectivity index (χ2v) is 7.28. The summed E-state index contributed by atoms with van der Waals surface area (Å²) in [4.78, 5) is 0.927. The van der Waals surface area contributed by atoms with Crippen LogP contribution in [-0.2, 0) is 11.2 Å². The van der Waals surface area contributed by atoms with E-state index in [0.717, 1.165) is 16.2 Å². The van der Waals surface area contributed by atoms with Crippen molar-refractivity contribution < 1.29 is 34.6 Å². The number of ether oxygens (including phenoxy) is 3. The molecule has 5 atom stereocenters. The highest BCUT2D eigenvalue weighted by Gasteiger charge is 2.44. The van der Waals surface area contributed by atoms with Crippen LogP contribution in [0.1, 0.15) is 17.4 Å². The van der Waals surface area contributed by atoms with Crippen LogP contribution in [0.25, 0.3) is 0 Å². The lowest BCUT2D eigenvalue weighted by molar-refractivity contribution is -0.277. The molecule has 2 heterocycles. The lowest BCUT2D eigenvalue weighted by Crippen LogP contribution is -2.60. The minimum atomic E-state index is -1.46. The van der Waals surface area contributed by atoms with Crippen LogP contribution in [0.5, 0.6) is 11.5 Å².